The Hall–Kier alpha value is -3.60. The number of nitrogens with one attached hydrogen (secondary N) is 1. The van der Waals surface area contributed by atoms with Crippen LogP contribution in [0.1, 0.15) is 40.7 Å². The van der Waals surface area contributed by atoms with Gasteiger partial charge in [0, 0.05) is 25.2 Å². The smallest absolute Gasteiger partial charge is 0.253 e. The van der Waals surface area contributed by atoms with Crippen LogP contribution in [0.15, 0.2) is 84.9 Å². The van der Waals surface area contributed by atoms with Crippen molar-refractivity contribution in [3.8, 4) is 5.75 Å². The Morgan fingerprint density at radius 1 is 0.882 bits per heavy atom. The van der Waals surface area contributed by atoms with Crippen molar-refractivity contribution >= 4 is 11.8 Å². The first-order valence-electron chi connectivity index (χ1n) is 11.9. The van der Waals surface area contributed by atoms with E-state index in [1.165, 1.54) is 5.56 Å². The van der Waals surface area contributed by atoms with Gasteiger partial charge in [0.25, 0.3) is 5.91 Å². The van der Waals surface area contributed by atoms with Crippen LogP contribution in [0.25, 0.3) is 0 Å². The molecular formula is C29H32N2O3. The van der Waals surface area contributed by atoms with Gasteiger partial charge in [0.1, 0.15) is 5.75 Å². The summed E-state index contributed by atoms with van der Waals surface area (Å²) < 4.78 is 5.19. The second-order valence-corrected chi connectivity index (χ2v) is 8.81. The van der Waals surface area contributed by atoms with E-state index in [2.05, 4.69) is 17.4 Å². The molecule has 0 atom stereocenters. The van der Waals surface area contributed by atoms with E-state index < -0.39 is 5.41 Å². The molecule has 5 heteroatoms. The average molecular weight is 457 g/mol. The molecule has 5 nitrogen and oxygen atoms in total. The van der Waals surface area contributed by atoms with Crippen molar-refractivity contribution in [1.82, 2.24) is 10.2 Å². The summed E-state index contributed by atoms with van der Waals surface area (Å²) in [4.78, 5) is 28.4. The Balaban J connectivity index is 1.41. The number of benzene rings is 3. The van der Waals surface area contributed by atoms with Gasteiger partial charge in [-0.2, -0.15) is 0 Å². The number of carbonyl (C=O) groups excluding carboxylic acids is 2. The fraction of sp³-hybridized carbons (Fsp3) is 0.310. The molecule has 3 aromatic carbocycles. The second kappa shape index (κ2) is 11.0. The van der Waals surface area contributed by atoms with Crippen LogP contribution in [0.2, 0.25) is 0 Å². The molecule has 0 saturated carbocycles. The van der Waals surface area contributed by atoms with Gasteiger partial charge in [-0.3, -0.25) is 9.59 Å². The highest BCUT2D eigenvalue weighted by molar-refractivity contribution is 5.95. The van der Waals surface area contributed by atoms with Crippen LogP contribution in [-0.2, 0) is 16.6 Å². The molecule has 0 bridgehead atoms. The molecule has 0 spiro atoms. The lowest BCUT2D eigenvalue weighted by Crippen LogP contribution is -2.53. The lowest BCUT2D eigenvalue weighted by Gasteiger charge is -2.41. The quantitative estimate of drug-likeness (QED) is 0.503. The van der Waals surface area contributed by atoms with Crippen LogP contribution < -0.4 is 10.1 Å². The number of ether oxygens (including phenoxy) is 1. The number of hydrogen-bond acceptors (Lipinski definition) is 3. The SMILES string of the molecule is COc1ccc(C(=O)N2CCC(C(=O)NCCCc3ccccc3)(c3ccccc3)CC2)cc1. The summed E-state index contributed by atoms with van der Waals surface area (Å²) in [6.07, 6.45) is 3.03. The molecule has 1 N–H and O–H groups in total. The Labute approximate surface area is 201 Å². The lowest BCUT2D eigenvalue weighted by atomic mass is 9.72. The van der Waals surface area contributed by atoms with Crippen molar-refractivity contribution in [1.29, 1.82) is 0 Å². The third-order valence-electron chi connectivity index (χ3n) is 6.77. The Morgan fingerprint density at radius 3 is 2.12 bits per heavy atom. The number of nitrogens with zero attached hydrogens (tertiary/aromatic N) is 1. The van der Waals surface area contributed by atoms with Gasteiger partial charge in [-0.15, -0.1) is 0 Å². The number of hydrogen-bond donors (Lipinski definition) is 1. The number of piperidine rings is 1. The van der Waals surface area contributed by atoms with E-state index in [4.69, 9.17) is 4.74 Å². The normalized spacial score (nSPS) is 14.9. The van der Waals surface area contributed by atoms with E-state index in [1.807, 2.05) is 53.4 Å². The fourth-order valence-electron chi connectivity index (χ4n) is 4.72. The minimum Gasteiger partial charge on any atom is -0.497 e. The van der Waals surface area contributed by atoms with Crippen LogP contribution in [-0.4, -0.2) is 43.5 Å². The predicted octanol–water partition coefficient (Wildman–Crippen LogP) is 4.62. The van der Waals surface area contributed by atoms with Crippen molar-refractivity contribution < 1.29 is 14.3 Å². The molecule has 0 aromatic heterocycles. The van der Waals surface area contributed by atoms with Gasteiger partial charge >= 0.3 is 0 Å². The van der Waals surface area contributed by atoms with E-state index in [0.29, 0.717) is 38.0 Å². The van der Waals surface area contributed by atoms with Gasteiger partial charge in [0.15, 0.2) is 0 Å². The molecule has 2 amide bonds. The molecule has 0 aliphatic carbocycles. The topological polar surface area (TPSA) is 58.6 Å². The van der Waals surface area contributed by atoms with Gasteiger partial charge in [0.05, 0.1) is 12.5 Å². The molecular weight excluding hydrogens is 424 g/mol. The molecule has 1 heterocycles. The van der Waals surface area contributed by atoms with Gasteiger partial charge in [-0.25, -0.2) is 0 Å². The molecule has 1 saturated heterocycles. The molecule has 1 fully saturated rings. The minimum absolute atomic E-state index is 0.00687. The van der Waals surface area contributed by atoms with Crippen LogP contribution in [0.4, 0.5) is 0 Å². The molecule has 4 rings (SSSR count). The van der Waals surface area contributed by atoms with Crippen molar-refractivity contribution in [3.63, 3.8) is 0 Å². The summed E-state index contributed by atoms with van der Waals surface area (Å²) in [6.45, 7) is 1.71. The lowest BCUT2D eigenvalue weighted by molar-refractivity contribution is -0.128. The zero-order chi connectivity index (χ0) is 23.8. The highest BCUT2D eigenvalue weighted by Crippen LogP contribution is 2.36. The fourth-order valence-corrected chi connectivity index (χ4v) is 4.72. The first-order chi connectivity index (χ1) is 16.6. The average Bonchev–Trinajstić information content (AvgIpc) is 2.91. The van der Waals surface area contributed by atoms with Gasteiger partial charge in [-0.05, 0) is 61.1 Å². The summed E-state index contributed by atoms with van der Waals surface area (Å²) in [5.41, 5.74) is 2.32. The van der Waals surface area contributed by atoms with E-state index in [9.17, 15) is 9.59 Å². The van der Waals surface area contributed by atoms with Crippen LogP contribution >= 0.6 is 0 Å². The zero-order valence-electron chi connectivity index (χ0n) is 19.7. The highest BCUT2D eigenvalue weighted by atomic mass is 16.5. The second-order valence-electron chi connectivity index (χ2n) is 8.81. The molecule has 1 aliphatic rings. The summed E-state index contributed by atoms with van der Waals surface area (Å²) in [6, 6.07) is 27.5. The first kappa shape index (κ1) is 23.6. The number of methoxy groups -OCH3 is 1. The molecule has 3 aromatic rings. The number of likely N-dealkylation sites (tertiary alicyclic amines) is 1. The van der Waals surface area contributed by atoms with Crippen LogP contribution in [0.5, 0.6) is 5.75 Å². The first-order valence-corrected chi connectivity index (χ1v) is 11.9. The van der Waals surface area contributed by atoms with E-state index in [0.717, 1.165) is 24.2 Å². The predicted molar refractivity (Wildman–Crippen MR) is 134 cm³/mol. The summed E-state index contributed by atoms with van der Waals surface area (Å²) in [5.74, 6) is 0.776. The third-order valence-corrected chi connectivity index (χ3v) is 6.77. The van der Waals surface area contributed by atoms with Crippen molar-refractivity contribution in [2.24, 2.45) is 0 Å². The van der Waals surface area contributed by atoms with E-state index >= 15 is 0 Å². The van der Waals surface area contributed by atoms with Crippen LogP contribution in [0, 0.1) is 0 Å². The van der Waals surface area contributed by atoms with E-state index in [-0.39, 0.29) is 11.8 Å². The number of carbonyl (C=O) groups is 2. The Morgan fingerprint density at radius 2 is 1.50 bits per heavy atom. The van der Waals surface area contributed by atoms with Crippen molar-refractivity contribution in [2.75, 3.05) is 26.7 Å². The minimum atomic E-state index is -0.620. The van der Waals surface area contributed by atoms with Gasteiger partial charge in [0.2, 0.25) is 5.91 Å². The standard InChI is InChI=1S/C29H32N2O3/c1-34-26-16-14-24(15-17-26)27(32)31-21-18-29(19-22-31,25-12-6-3-7-13-25)28(33)30-20-8-11-23-9-4-2-5-10-23/h2-7,9-10,12-17H,8,11,18-22H2,1H3,(H,30,33). The Bertz CT molecular complexity index is 1070. The van der Waals surface area contributed by atoms with Crippen molar-refractivity contribution in [2.45, 2.75) is 31.1 Å². The maximum Gasteiger partial charge on any atom is 0.253 e. The highest BCUT2D eigenvalue weighted by Gasteiger charge is 2.43. The number of amides is 2. The van der Waals surface area contributed by atoms with E-state index in [1.54, 1.807) is 31.4 Å². The van der Waals surface area contributed by atoms with Gasteiger partial charge in [-0.1, -0.05) is 60.7 Å². The summed E-state index contributed by atoms with van der Waals surface area (Å²) in [5, 5.41) is 3.19. The summed E-state index contributed by atoms with van der Waals surface area (Å²) >= 11 is 0. The Kier molecular flexibility index (Phi) is 7.63. The maximum atomic E-state index is 13.5. The zero-order valence-corrected chi connectivity index (χ0v) is 19.7. The summed E-state index contributed by atoms with van der Waals surface area (Å²) in [7, 11) is 1.61. The molecule has 0 unspecified atom stereocenters. The third kappa shape index (κ3) is 5.30. The van der Waals surface area contributed by atoms with Crippen LogP contribution in [0.3, 0.4) is 0 Å². The maximum absolute atomic E-state index is 13.5. The number of rotatable bonds is 8. The van der Waals surface area contributed by atoms with Crippen molar-refractivity contribution in [3.05, 3.63) is 102 Å². The number of aryl methyl sites for hydroxylation is 1. The molecule has 34 heavy (non-hydrogen) atoms. The monoisotopic (exact) mass is 456 g/mol. The molecule has 176 valence electrons. The molecule has 1 aliphatic heterocycles. The largest absolute Gasteiger partial charge is 0.497 e. The molecule has 0 radical (unpaired) electrons. The van der Waals surface area contributed by atoms with Gasteiger partial charge < -0.3 is 15.0 Å².